The van der Waals surface area contributed by atoms with Crippen LogP contribution in [-0.4, -0.2) is 27.6 Å². The third kappa shape index (κ3) is 3.02. The molecular weight excluding hydrogens is 238 g/mol. The maximum Gasteiger partial charge on any atom is 0.253 e. The summed E-state index contributed by atoms with van der Waals surface area (Å²) in [5.41, 5.74) is 2.98. The van der Waals surface area contributed by atoms with Crippen LogP contribution >= 0.6 is 0 Å². The highest BCUT2D eigenvalue weighted by molar-refractivity contribution is 5.94. The first-order valence-corrected chi connectivity index (χ1v) is 6.43. The predicted octanol–water partition coefficient (Wildman–Crippen LogP) is 2.25. The van der Waals surface area contributed by atoms with Gasteiger partial charge >= 0.3 is 0 Å². The molecule has 0 N–H and O–H groups in total. The second-order valence-corrected chi connectivity index (χ2v) is 4.66. The Hall–Kier alpha value is -2.10. The van der Waals surface area contributed by atoms with Crippen molar-refractivity contribution in [2.75, 3.05) is 7.05 Å². The Morgan fingerprint density at radius 1 is 1.26 bits per heavy atom. The Bertz CT molecular complexity index is 557. The van der Waals surface area contributed by atoms with Crippen LogP contribution in [0, 0.1) is 0 Å². The van der Waals surface area contributed by atoms with Crippen LogP contribution in [0.4, 0.5) is 0 Å². The standard InChI is InChI=1S/C15H19N3O/c1-4-12-5-7-13(8-6-12)15(19)17(2)11-14-9-10-16-18(14)3/h5-10H,4,11H2,1-3H3. The molecule has 0 bridgehead atoms. The minimum Gasteiger partial charge on any atom is -0.336 e. The van der Waals surface area contributed by atoms with E-state index in [1.54, 1.807) is 15.8 Å². The van der Waals surface area contributed by atoms with Crippen molar-refractivity contribution in [3.63, 3.8) is 0 Å². The zero-order valence-electron chi connectivity index (χ0n) is 11.6. The first kappa shape index (κ1) is 13.3. The number of carbonyl (C=O) groups excluding carboxylic acids is 1. The molecule has 1 heterocycles. The van der Waals surface area contributed by atoms with Gasteiger partial charge < -0.3 is 4.90 Å². The second kappa shape index (κ2) is 5.69. The van der Waals surface area contributed by atoms with Gasteiger partial charge in [0.2, 0.25) is 0 Å². The summed E-state index contributed by atoms with van der Waals surface area (Å²) in [4.78, 5) is 14.0. The fourth-order valence-electron chi connectivity index (χ4n) is 1.97. The highest BCUT2D eigenvalue weighted by Gasteiger charge is 2.13. The van der Waals surface area contributed by atoms with E-state index >= 15 is 0 Å². The predicted molar refractivity (Wildman–Crippen MR) is 74.8 cm³/mol. The SMILES string of the molecule is CCc1ccc(C(=O)N(C)Cc2ccnn2C)cc1. The molecule has 4 nitrogen and oxygen atoms in total. The highest BCUT2D eigenvalue weighted by Crippen LogP contribution is 2.10. The van der Waals surface area contributed by atoms with Gasteiger partial charge in [-0.1, -0.05) is 19.1 Å². The largest absolute Gasteiger partial charge is 0.336 e. The molecule has 0 atom stereocenters. The van der Waals surface area contributed by atoms with E-state index in [1.807, 2.05) is 44.4 Å². The zero-order chi connectivity index (χ0) is 13.8. The minimum atomic E-state index is 0.0313. The van der Waals surface area contributed by atoms with Gasteiger partial charge in [0.25, 0.3) is 5.91 Å². The third-order valence-electron chi connectivity index (χ3n) is 3.28. The van der Waals surface area contributed by atoms with Crippen LogP contribution in [0.3, 0.4) is 0 Å². The molecule has 1 aromatic carbocycles. The number of benzene rings is 1. The summed E-state index contributed by atoms with van der Waals surface area (Å²) in [7, 11) is 3.69. The normalized spacial score (nSPS) is 10.5. The lowest BCUT2D eigenvalue weighted by molar-refractivity contribution is 0.0782. The number of amides is 1. The summed E-state index contributed by atoms with van der Waals surface area (Å²) in [6, 6.07) is 9.71. The van der Waals surface area contributed by atoms with Crippen molar-refractivity contribution in [2.24, 2.45) is 7.05 Å². The number of nitrogens with zero attached hydrogens (tertiary/aromatic N) is 3. The van der Waals surface area contributed by atoms with Gasteiger partial charge in [-0.2, -0.15) is 5.10 Å². The molecule has 2 rings (SSSR count). The highest BCUT2D eigenvalue weighted by atomic mass is 16.2. The minimum absolute atomic E-state index is 0.0313. The monoisotopic (exact) mass is 257 g/mol. The first-order valence-electron chi connectivity index (χ1n) is 6.43. The lowest BCUT2D eigenvalue weighted by atomic mass is 10.1. The molecule has 0 aliphatic rings. The van der Waals surface area contributed by atoms with E-state index in [1.165, 1.54) is 5.56 Å². The van der Waals surface area contributed by atoms with E-state index in [2.05, 4.69) is 12.0 Å². The Morgan fingerprint density at radius 2 is 1.95 bits per heavy atom. The molecule has 0 fully saturated rings. The van der Waals surface area contributed by atoms with Crippen LogP contribution in [0.2, 0.25) is 0 Å². The third-order valence-corrected chi connectivity index (χ3v) is 3.28. The van der Waals surface area contributed by atoms with Crippen LogP contribution in [-0.2, 0) is 20.0 Å². The summed E-state index contributed by atoms with van der Waals surface area (Å²) in [5, 5.41) is 4.10. The van der Waals surface area contributed by atoms with Crippen LogP contribution in [0.5, 0.6) is 0 Å². The smallest absolute Gasteiger partial charge is 0.253 e. The number of hydrogen-bond donors (Lipinski definition) is 0. The molecular formula is C15H19N3O. The summed E-state index contributed by atoms with van der Waals surface area (Å²) in [5.74, 6) is 0.0313. The lowest BCUT2D eigenvalue weighted by Crippen LogP contribution is -2.27. The molecule has 1 aromatic heterocycles. The van der Waals surface area contributed by atoms with Gasteiger partial charge in [0.15, 0.2) is 0 Å². The van der Waals surface area contributed by atoms with Crippen LogP contribution in [0.25, 0.3) is 0 Å². The fourth-order valence-corrected chi connectivity index (χ4v) is 1.97. The molecule has 0 aliphatic carbocycles. The van der Waals surface area contributed by atoms with Crippen molar-refractivity contribution in [1.82, 2.24) is 14.7 Å². The number of rotatable bonds is 4. The first-order chi connectivity index (χ1) is 9.11. The van der Waals surface area contributed by atoms with E-state index in [4.69, 9.17) is 0 Å². The molecule has 0 saturated heterocycles. The van der Waals surface area contributed by atoms with Crippen molar-refractivity contribution in [2.45, 2.75) is 19.9 Å². The number of hydrogen-bond acceptors (Lipinski definition) is 2. The van der Waals surface area contributed by atoms with Crippen molar-refractivity contribution in [1.29, 1.82) is 0 Å². The molecule has 0 saturated carbocycles. The molecule has 2 aromatic rings. The van der Waals surface area contributed by atoms with Crippen molar-refractivity contribution >= 4 is 5.91 Å². The fraction of sp³-hybridized carbons (Fsp3) is 0.333. The van der Waals surface area contributed by atoms with Crippen molar-refractivity contribution < 1.29 is 4.79 Å². The lowest BCUT2D eigenvalue weighted by Gasteiger charge is -2.17. The molecule has 4 heteroatoms. The quantitative estimate of drug-likeness (QED) is 0.842. The Labute approximate surface area is 113 Å². The second-order valence-electron chi connectivity index (χ2n) is 4.66. The van der Waals surface area contributed by atoms with Crippen LogP contribution < -0.4 is 0 Å². The topological polar surface area (TPSA) is 38.1 Å². The van der Waals surface area contributed by atoms with Gasteiger partial charge in [-0.15, -0.1) is 0 Å². The maximum atomic E-state index is 12.3. The average molecular weight is 257 g/mol. The maximum absolute atomic E-state index is 12.3. The van der Waals surface area contributed by atoms with Crippen molar-refractivity contribution in [3.8, 4) is 0 Å². The van der Waals surface area contributed by atoms with E-state index in [0.717, 1.165) is 17.7 Å². The van der Waals surface area contributed by atoms with Gasteiger partial charge in [-0.3, -0.25) is 9.48 Å². The number of aromatic nitrogens is 2. The van der Waals surface area contributed by atoms with Gasteiger partial charge in [0.05, 0.1) is 12.2 Å². The van der Waals surface area contributed by atoms with Crippen LogP contribution in [0.15, 0.2) is 36.5 Å². The Kier molecular flexibility index (Phi) is 4.00. The molecule has 0 radical (unpaired) electrons. The molecule has 100 valence electrons. The van der Waals surface area contributed by atoms with Crippen LogP contribution in [0.1, 0.15) is 28.5 Å². The molecule has 0 aliphatic heterocycles. The zero-order valence-corrected chi connectivity index (χ0v) is 11.6. The molecule has 1 amide bonds. The number of carbonyl (C=O) groups is 1. The summed E-state index contributed by atoms with van der Waals surface area (Å²) >= 11 is 0. The van der Waals surface area contributed by atoms with Gasteiger partial charge in [-0.05, 0) is 30.2 Å². The Morgan fingerprint density at radius 3 is 2.47 bits per heavy atom. The van der Waals surface area contributed by atoms with Gasteiger partial charge in [-0.25, -0.2) is 0 Å². The molecule has 0 spiro atoms. The van der Waals surface area contributed by atoms with E-state index < -0.39 is 0 Å². The molecule has 0 unspecified atom stereocenters. The van der Waals surface area contributed by atoms with Crippen molar-refractivity contribution in [3.05, 3.63) is 53.3 Å². The molecule has 19 heavy (non-hydrogen) atoms. The number of aryl methyl sites for hydroxylation is 2. The van der Waals surface area contributed by atoms with Gasteiger partial charge in [0, 0.05) is 25.9 Å². The van der Waals surface area contributed by atoms with E-state index in [-0.39, 0.29) is 5.91 Å². The van der Waals surface area contributed by atoms with Gasteiger partial charge in [0.1, 0.15) is 0 Å². The van der Waals surface area contributed by atoms with E-state index in [0.29, 0.717) is 6.54 Å². The summed E-state index contributed by atoms with van der Waals surface area (Å²) in [6.45, 7) is 2.66. The van der Waals surface area contributed by atoms with E-state index in [9.17, 15) is 4.79 Å². The summed E-state index contributed by atoms with van der Waals surface area (Å²) in [6.07, 6.45) is 2.73. The summed E-state index contributed by atoms with van der Waals surface area (Å²) < 4.78 is 1.78. The Balaban J connectivity index is 2.08. The average Bonchev–Trinajstić information content (AvgIpc) is 2.83.